The molecule has 5 nitrogen and oxygen atoms in total. The number of hydrogen-bond donors (Lipinski definition) is 2. The first-order chi connectivity index (χ1) is 11.9. The summed E-state index contributed by atoms with van der Waals surface area (Å²) in [4.78, 5) is 12.7. The SMILES string of the molecule is CCOc1cc2c(cc1CNC(=O)C1CCCCC1(C)N)OC(C)C2.Cl. The first-order valence-electron chi connectivity index (χ1n) is 9.42. The minimum Gasteiger partial charge on any atom is -0.494 e. The lowest BCUT2D eigenvalue weighted by atomic mass is 9.74. The Bertz CT molecular complexity index is 648. The van der Waals surface area contributed by atoms with Crippen molar-refractivity contribution >= 4 is 18.3 Å². The van der Waals surface area contributed by atoms with E-state index in [1.54, 1.807) is 0 Å². The third-order valence-corrected chi connectivity index (χ3v) is 5.40. The van der Waals surface area contributed by atoms with E-state index in [9.17, 15) is 4.79 Å². The van der Waals surface area contributed by atoms with Crippen LogP contribution in [0.15, 0.2) is 12.1 Å². The normalized spacial score (nSPS) is 27.1. The molecular weight excluding hydrogens is 352 g/mol. The van der Waals surface area contributed by atoms with Gasteiger partial charge in [-0.15, -0.1) is 12.4 Å². The standard InChI is InChI=1S/C20H30N2O3.ClH/c1-4-24-17-10-14-9-13(2)25-18(14)11-15(17)12-22-19(23)16-7-5-6-8-20(16,3)21;/h10-11,13,16H,4-9,12,21H2,1-3H3,(H,22,23);1H. The van der Waals surface area contributed by atoms with Gasteiger partial charge in [0, 0.05) is 29.6 Å². The van der Waals surface area contributed by atoms with Crippen LogP contribution in [-0.4, -0.2) is 24.2 Å². The lowest BCUT2D eigenvalue weighted by Gasteiger charge is -2.37. The van der Waals surface area contributed by atoms with Gasteiger partial charge in [0.2, 0.25) is 5.91 Å². The van der Waals surface area contributed by atoms with Crippen molar-refractivity contribution in [2.45, 2.75) is 71.1 Å². The molecule has 3 atom stereocenters. The maximum absolute atomic E-state index is 12.7. The summed E-state index contributed by atoms with van der Waals surface area (Å²) in [6.45, 7) is 7.06. The van der Waals surface area contributed by atoms with Gasteiger partial charge in [0.1, 0.15) is 17.6 Å². The molecular formula is C20H31ClN2O3. The van der Waals surface area contributed by atoms with Crippen molar-refractivity contribution in [3.8, 4) is 11.5 Å². The summed E-state index contributed by atoms with van der Waals surface area (Å²) >= 11 is 0. The van der Waals surface area contributed by atoms with Crippen molar-refractivity contribution in [3.63, 3.8) is 0 Å². The van der Waals surface area contributed by atoms with Crippen LogP contribution in [0.4, 0.5) is 0 Å². The zero-order valence-corrected chi connectivity index (χ0v) is 16.8. The molecule has 146 valence electrons. The molecule has 1 aliphatic carbocycles. The van der Waals surface area contributed by atoms with Gasteiger partial charge in [-0.05, 0) is 45.7 Å². The van der Waals surface area contributed by atoms with Crippen molar-refractivity contribution < 1.29 is 14.3 Å². The first-order valence-corrected chi connectivity index (χ1v) is 9.42. The van der Waals surface area contributed by atoms with Crippen LogP contribution in [-0.2, 0) is 17.8 Å². The number of rotatable bonds is 5. The Kier molecular flexibility index (Phi) is 6.80. The van der Waals surface area contributed by atoms with Crippen LogP contribution in [0.3, 0.4) is 0 Å². The summed E-state index contributed by atoms with van der Waals surface area (Å²) in [7, 11) is 0. The zero-order valence-electron chi connectivity index (χ0n) is 16.0. The van der Waals surface area contributed by atoms with Crippen LogP contribution >= 0.6 is 12.4 Å². The lowest BCUT2D eigenvalue weighted by Crippen LogP contribution is -2.52. The number of ether oxygens (including phenoxy) is 2. The summed E-state index contributed by atoms with van der Waals surface area (Å²) in [6.07, 6.45) is 5.03. The van der Waals surface area contributed by atoms with E-state index in [4.69, 9.17) is 15.2 Å². The highest BCUT2D eigenvalue weighted by molar-refractivity contribution is 5.85. The summed E-state index contributed by atoms with van der Waals surface area (Å²) in [6, 6.07) is 4.06. The molecule has 1 aromatic rings. The number of amides is 1. The molecule has 3 unspecified atom stereocenters. The highest BCUT2D eigenvalue weighted by atomic mass is 35.5. The van der Waals surface area contributed by atoms with E-state index >= 15 is 0 Å². The molecule has 2 aliphatic rings. The van der Waals surface area contributed by atoms with Crippen molar-refractivity contribution in [2.75, 3.05) is 6.61 Å². The molecule has 1 saturated carbocycles. The van der Waals surface area contributed by atoms with Crippen molar-refractivity contribution in [1.82, 2.24) is 5.32 Å². The number of halogens is 1. The summed E-state index contributed by atoms with van der Waals surface area (Å²) in [5, 5.41) is 3.07. The van der Waals surface area contributed by atoms with Crippen LogP contribution in [0, 0.1) is 5.92 Å². The van der Waals surface area contributed by atoms with Crippen molar-refractivity contribution in [3.05, 3.63) is 23.3 Å². The molecule has 0 radical (unpaired) electrons. The van der Waals surface area contributed by atoms with Gasteiger partial charge in [0.05, 0.1) is 12.5 Å². The predicted octanol–water partition coefficient (Wildman–Crippen LogP) is 3.35. The molecule has 1 amide bonds. The monoisotopic (exact) mass is 382 g/mol. The highest BCUT2D eigenvalue weighted by Crippen LogP contribution is 2.35. The average molecular weight is 383 g/mol. The second kappa shape index (κ2) is 8.49. The quantitative estimate of drug-likeness (QED) is 0.818. The Morgan fingerprint density at radius 2 is 2.19 bits per heavy atom. The van der Waals surface area contributed by atoms with E-state index < -0.39 is 5.54 Å². The number of carbonyl (C=O) groups excluding carboxylic acids is 1. The average Bonchev–Trinajstić information content (AvgIpc) is 2.91. The molecule has 0 aromatic heterocycles. The summed E-state index contributed by atoms with van der Waals surface area (Å²) in [5.41, 5.74) is 8.07. The maximum Gasteiger partial charge on any atom is 0.225 e. The topological polar surface area (TPSA) is 73.6 Å². The van der Waals surface area contributed by atoms with E-state index in [1.807, 2.05) is 19.9 Å². The van der Waals surface area contributed by atoms with Gasteiger partial charge in [-0.3, -0.25) is 4.79 Å². The molecule has 6 heteroatoms. The molecule has 3 N–H and O–H groups in total. The number of benzene rings is 1. The largest absolute Gasteiger partial charge is 0.494 e. The van der Waals surface area contributed by atoms with Crippen molar-refractivity contribution in [2.24, 2.45) is 11.7 Å². The van der Waals surface area contributed by atoms with Gasteiger partial charge in [-0.25, -0.2) is 0 Å². The molecule has 0 spiro atoms. The molecule has 1 fully saturated rings. The predicted molar refractivity (Wildman–Crippen MR) is 105 cm³/mol. The zero-order chi connectivity index (χ0) is 18.0. The van der Waals surface area contributed by atoms with Gasteiger partial charge >= 0.3 is 0 Å². The fourth-order valence-corrected chi connectivity index (χ4v) is 4.00. The van der Waals surface area contributed by atoms with E-state index in [1.165, 1.54) is 5.56 Å². The van der Waals surface area contributed by atoms with Gasteiger partial charge < -0.3 is 20.5 Å². The Labute approximate surface area is 162 Å². The van der Waals surface area contributed by atoms with E-state index in [0.717, 1.165) is 49.2 Å². The minimum absolute atomic E-state index is 0. The van der Waals surface area contributed by atoms with Crippen molar-refractivity contribution in [1.29, 1.82) is 0 Å². The Morgan fingerprint density at radius 3 is 2.88 bits per heavy atom. The summed E-state index contributed by atoms with van der Waals surface area (Å²) < 4.78 is 11.6. The Balaban J connectivity index is 0.00000243. The number of hydrogen-bond acceptors (Lipinski definition) is 4. The number of carbonyl (C=O) groups is 1. The Morgan fingerprint density at radius 1 is 1.42 bits per heavy atom. The number of nitrogens with two attached hydrogens (primary N) is 1. The lowest BCUT2D eigenvalue weighted by molar-refractivity contribution is -0.128. The van der Waals surface area contributed by atoms with E-state index in [-0.39, 0.29) is 30.3 Å². The van der Waals surface area contributed by atoms with Crippen LogP contribution in [0.5, 0.6) is 11.5 Å². The van der Waals surface area contributed by atoms with Gasteiger partial charge in [0.15, 0.2) is 0 Å². The highest BCUT2D eigenvalue weighted by Gasteiger charge is 2.37. The van der Waals surface area contributed by atoms with E-state index in [2.05, 4.69) is 18.3 Å². The minimum atomic E-state index is -0.415. The van der Waals surface area contributed by atoms with Crippen LogP contribution in [0.1, 0.15) is 57.6 Å². The molecule has 3 rings (SSSR count). The smallest absolute Gasteiger partial charge is 0.225 e. The fraction of sp³-hybridized carbons (Fsp3) is 0.650. The molecule has 1 heterocycles. The first kappa shape index (κ1) is 20.8. The van der Waals surface area contributed by atoms with Gasteiger partial charge in [-0.1, -0.05) is 12.8 Å². The molecule has 0 saturated heterocycles. The third-order valence-electron chi connectivity index (χ3n) is 5.40. The second-order valence-corrected chi connectivity index (χ2v) is 7.66. The van der Waals surface area contributed by atoms with Crippen LogP contribution in [0.2, 0.25) is 0 Å². The van der Waals surface area contributed by atoms with E-state index in [0.29, 0.717) is 13.2 Å². The number of fused-ring (bicyclic) bond motifs is 1. The molecule has 1 aliphatic heterocycles. The van der Waals surface area contributed by atoms with Crippen LogP contribution < -0.4 is 20.5 Å². The van der Waals surface area contributed by atoms with Gasteiger partial charge in [-0.2, -0.15) is 0 Å². The molecule has 0 bridgehead atoms. The molecule has 1 aromatic carbocycles. The maximum atomic E-state index is 12.7. The third kappa shape index (κ3) is 4.44. The number of nitrogens with one attached hydrogen (secondary N) is 1. The Hall–Kier alpha value is -1.46. The van der Waals surface area contributed by atoms with Crippen LogP contribution in [0.25, 0.3) is 0 Å². The second-order valence-electron chi connectivity index (χ2n) is 7.66. The fourth-order valence-electron chi connectivity index (χ4n) is 4.00. The summed E-state index contributed by atoms with van der Waals surface area (Å²) in [5.74, 6) is 1.66. The molecule has 26 heavy (non-hydrogen) atoms. The van der Waals surface area contributed by atoms with Gasteiger partial charge in [0.25, 0.3) is 0 Å².